The normalized spacial score (nSPS) is 11.6. The van der Waals surface area contributed by atoms with E-state index in [1.54, 1.807) is 11.9 Å². The van der Waals surface area contributed by atoms with E-state index < -0.39 is 6.04 Å². The summed E-state index contributed by atoms with van der Waals surface area (Å²) in [7, 11) is 1.75. The molecule has 0 saturated heterocycles. The monoisotopic (exact) mass is 230 g/mol. The molecule has 1 aromatic carbocycles. The molecule has 1 unspecified atom stereocenters. The first-order valence-corrected chi connectivity index (χ1v) is 5.63. The van der Waals surface area contributed by atoms with Gasteiger partial charge in [0, 0.05) is 20.0 Å². The van der Waals surface area contributed by atoms with Crippen molar-refractivity contribution in [1.82, 2.24) is 4.90 Å². The van der Waals surface area contributed by atoms with Crippen molar-refractivity contribution in [2.45, 2.75) is 18.9 Å². The van der Waals surface area contributed by atoms with Crippen LogP contribution in [-0.2, 0) is 11.2 Å². The van der Waals surface area contributed by atoms with Gasteiger partial charge in [-0.2, -0.15) is 0 Å². The molecule has 17 heavy (non-hydrogen) atoms. The van der Waals surface area contributed by atoms with Crippen molar-refractivity contribution < 1.29 is 4.79 Å². The van der Waals surface area contributed by atoms with Gasteiger partial charge in [-0.1, -0.05) is 30.3 Å². The summed E-state index contributed by atoms with van der Waals surface area (Å²) in [5.74, 6) is 2.31. The minimum absolute atomic E-state index is 0.0983. The van der Waals surface area contributed by atoms with E-state index >= 15 is 0 Å². The SMILES string of the molecule is C#CCC(N)C(=O)N(C)CCc1ccccc1. The van der Waals surface area contributed by atoms with Crippen LogP contribution in [0.15, 0.2) is 30.3 Å². The maximum Gasteiger partial charge on any atom is 0.240 e. The van der Waals surface area contributed by atoms with Gasteiger partial charge in [-0.05, 0) is 12.0 Å². The number of amides is 1. The molecule has 0 radical (unpaired) electrons. The zero-order valence-corrected chi connectivity index (χ0v) is 10.1. The van der Waals surface area contributed by atoms with Crippen LogP contribution in [0, 0.1) is 12.3 Å². The van der Waals surface area contributed by atoms with Crippen LogP contribution in [-0.4, -0.2) is 30.4 Å². The first-order chi connectivity index (χ1) is 8.15. The fourth-order valence-electron chi connectivity index (χ4n) is 1.55. The second-order valence-electron chi connectivity index (χ2n) is 4.01. The van der Waals surface area contributed by atoms with Gasteiger partial charge >= 0.3 is 0 Å². The lowest BCUT2D eigenvalue weighted by molar-refractivity contribution is -0.131. The molecule has 90 valence electrons. The third-order valence-corrected chi connectivity index (χ3v) is 2.61. The van der Waals surface area contributed by atoms with E-state index in [0.717, 1.165) is 6.42 Å². The summed E-state index contributed by atoms with van der Waals surface area (Å²) in [6.45, 7) is 0.654. The Balaban J connectivity index is 2.42. The average molecular weight is 230 g/mol. The number of rotatable bonds is 5. The molecule has 0 aliphatic heterocycles. The third-order valence-electron chi connectivity index (χ3n) is 2.61. The van der Waals surface area contributed by atoms with Crippen LogP contribution in [0.4, 0.5) is 0 Å². The fraction of sp³-hybridized carbons (Fsp3) is 0.357. The smallest absolute Gasteiger partial charge is 0.240 e. The lowest BCUT2D eigenvalue weighted by atomic mass is 10.1. The Morgan fingerprint density at radius 1 is 1.47 bits per heavy atom. The molecular formula is C14H18N2O. The number of nitrogens with zero attached hydrogens (tertiary/aromatic N) is 1. The molecule has 0 aromatic heterocycles. The Kier molecular flexibility index (Phi) is 5.25. The van der Waals surface area contributed by atoms with E-state index in [1.807, 2.05) is 30.3 Å². The van der Waals surface area contributed by atoms with E-state index in [9.17, 15) is 4.79 Å². The predicted octanol–water partition coefficient (Wildman–Crippen LogP) is 1.04. The van der Waals surface area contributed by atoms with Crippen LogP contribution in [0.25, 0.3) is 0 Å². The van der Waals surface area contributed by atoms with E-state index in [2.05, 4.69) is 5.92 Å². The zero-order valence-electron chi connectivity index (χ0n) is 10.1. The largest absolute Gasteiger partial charge is 0.344 e. The Labute approximate surface area is 103 Å². The quantitative estimate of drug-likeness (QED) is 0.768. The maximum absolute atomic E-state index is 11.8. The van der Waals surface area contributed by atoms with Crippen LogP contribution in [0.5, 0.6) is 0 Å². The molecule has 0 fully saturated rings. The highest BCUT2D eigenvalue weighted by Gasteiger charge is 2.16. The van der Waals surface area contributed by atoms with E-state index in [4.69, 9.17) is 12.2 Å². The van der Waals surface area contributed by atoms with Gasteiger partial charge in [0.15, 0.2) is 0 Å². The van der Waals surface area contributed by atoms with Crippen molar-refractivity contribution in [3.05, 3.63) is 35.9 Å². The number of nitrogens with two attached hydrogens (primary N) is 1. The molecule has 0 heterocycles. The summed E-state index contributed by atoms with van der Waals surface area (Å²) in [4.78, 5) is 13.4. The number of hydrogen-bond acceptors (Lipinski definition) is 2. The first kappa shape index (κ1) is 13.3. The van der Waals surface area contributed by atoms with E-state index in [1.165, 1.54) is 5.56 Å². The second kappa shape index (κ2) is 6.72. The maximum atomic E-state index is 11.8. The van der Waals surface area contributed by atoms with Crippen LogP contribution >= 0.6 is 0 Å². The van der Waals surface area contributed by atoms with Crippen molar-refractivity contribution in [3.8, 4) is 12.3 Å². The summed E-state index contributed by atoms with van der Waals surface area (Å²) in [6, 6.07) is 9.45. The van der Waals surface area contributed by atoms with Crippen molar-refractivity contribution in [2.75, 3.05) is 13.6 Å². The summed E-state index contributed by atoms with van der Waals surface area (Å²) in [6.07, 6.45) is 6.24. The van der Waals surface area contributed by atoms with Gasteiger partial charge in [-0.25, -0.2) is 0 Å². The number of carbonyl (C=O) groups is 1. The molecule has 2 N–H and O–H groups in total. The van der Waals surface area contributed by atoms with Crippen LogP contribution in [0.1, 0.15) is 12.0 Å². The lowest BCUT2D eigenvalue weighted by Gasteiger charge is -2.20. The van der Waals surface area contributed by atoms with E-state index in [0.29, 0.717) is 6.54 Å². The molecule has 0 aliphatic carbocycles. The molecule has 0 bridgehead atoms. The fourth-order valence-corrected chi connectivity index (χ4v) is 1.55. The topological polar surface area (TPSA) is 46.3 Å². The lowest BCUT2D eigenvalue weighted by Crippen LogP contribution is -2.42. The van der Waals surface area contributed by atoms with Gasteiger partial charge in [0.1, 0.15) is 0 Å². The highest BCUT2D eigenvalue weighted by molar-refractivity contribution is 5.81. The number of likely N-dealkylation sites (N-methyl/N-ethyl adjacent to an activating group) is 1. The Bertz CT molecular complexity index is 394. The summed E-state index contributed by atoms with van der Waals surface area (Å²) in [5.41, 5.74) is 6.87. The van der Waals surface area contributed by atoms with Crippen LogP contribution < -0.4 is 5.73 Å². The first-order valence-electron chi connectivity index (χ1n) is 5.63. The molecule has 3 heteroatoms. The molecule has 0 aliphatic rings. The molecule has 0 saturated carbocycles. The molecule has 1 atom stereocenters. The van der Waals surface area contributed by atoms with Crippen LogP contribution in [0.3, 0.4) is 0 Å². The number of terminal acetylenes is 1. The summed E-state index contributed by atoms with van der Waals surface area (Å²) >= 11 is 0. The van der Waals surface area contributed by atoms with Gasteiger partial charge in [0.05, 0.1) is 6.04 Å². The van der Waals surface area contributed by atoms with Crippen LogP contribution in [0.2, 0.25) is 0 Å². The Morgan fingerprint density at radius 2 is 2.12 bits per heavy atom. The third kappa shape index (κ3) is 4.29. The molecule has 3 nitrogen and oxygen atoms in total. The molecule has 1 rings (SSSR count). The second-order valence-corrected chi connectivity index (χ2v) is 4.01. The minimum Gasteiger partial charge on any atom is -0.344 e. The molecule has 1 amide bonds. The number of carbonyl (C=O) groups excluding carboxylic acids is 1. The van der Waals surface area contributed by atoms with Crippen molar-refractivity contribution >= 4 is 5.91 Å². The highest BCUT2D eigenvalue weighted by atomic mass is 16.2. The van der Waals surface area contributed by atoms with Gasteiger partial charge in [-0.3, -0.25) is 4.79 Å². The molecule has 0 spiro atoms. The predicted molar refractivity (Wildman–Crippen MR) is 69.2 cm³/mol. The van der Waals surface area contributed by atoms with E-state index in [-0.39, 0.29) is 12.3 Å². The van der Waals surface area contributed by atoms with Crippen molar-refractivity contribution in [1.29, 1.82) is 0 Å². The summed E-state index contributed by atoms with van der Waals surface area (Å²) < 4.78 is 0. The number of hydrogen-bond donors (Lipinski definition) is 1. The Hall–Kier alpha value is -1.79. The van der Waals surface area contributed by atoms with Gasteiger partial charge in [0.2, 0.25) is 5.91 Å². The van der Waals surface area contributed by atoms with Gasteiger partial charge in [-0.15, -0.1) is 12.3 Å². The standard InChI is InChI=1S/C14H18N2O/c1-3-7-13(15)14(17)16(2)11-10-12-8-5-4-6-9-12/h1,4-6,8-9,13H,7,10-11,15H2,2H3. The highest BCUT2D eigenvalue weighted by Crippen LogP contribution is 2.02. The van der Waals surface area contributed by atoms with Crippen molar-refractivity contribution in [3.63, 3.8) is 0 Å². The number of benzene rings is 1. The van der Waals surface area contributed by atoms with Crippen molar-refractivity contribution in [2.24, 2.45) is 5.73 Å². The zero-order chi connectivity index (χ0) is 12.7. The van der Waals surface area contributed by atoms with Gasteiger partial charge in [0.25, 0.3) is 0 Å². The molecular weight excluding hydrogens is 212 g/mol. The molecule has 1 aromatic rings. The van der Waals surface area contributed by atoms with Gasteiger partial charge < -0.3 is 10.6 Å². The minimum atomic E-state index is -0.583. The Morgan fingerprint density at radius 3 is 2.71 bits per heavy atom. The summed E-state index contributed by atoms with van der Waals surface area (Å²) in [5, 5.41) is 0. The average Bonchev–Trinajstić information content (AvgIpc) is 2.36.